The smallest absolute Gasteiger partial charge is 0.319 e. The van der Waals surface area contributed by atoms with Crippen LogP contribution in [-0.4, -0.2) is 32.1 Å². The topological polar surface area (TPSA) is 57.0 Å². The van der Waals surface area contributed by atoms with Crippen LogP contribution in [0.25, 0.3) is 11.4 Å². The summed E-state index contributed by atoms with van der Waals surface area (Å²) in [6.07, 6.45) is 0.707. The summed E-state index contributed by atoms with van der Waals surface area (Å²) in [5.41, 5.74) is 1.01. The molecule has 0 aliphatic carbocycles. The van der Waals surface area contributed by atoms with Crippen molar-refractivity contribution in [2.45, 2.75) is 29.9 Å². The number of thioether (sulfide) groups is 1. The van der Waals surface area contributed by atoms with Gasteiger partial charge in [0, 0.05) is 19.0 Å². The van der Waals surface area contributed by atoms with Crippen molar-refractivity contribution < 1.29 is 9.53 Å². The Bertz CT molecular complexity index is 627. The molecule has 2 atom stereocenters. The van der Waals surface area contributed by atoms with E-state index in [-0.39, 0.29) is 17.3 Å². The highest BCUT2D eigenvalue weighted by Crippen LogP contribution is 2.32. The van der Waals surface area contributed by atoms with Gasteiger partial charge in [0.1, 0.15) is 11.4 Å². The highest BCUT2D eigenvalue weighted by Gasteiger charge is 2.34. The molecule has 2 aromatic rings. The molecular formula is C14H15N3O2S. The predicted molar refractivity (Wildman–Crippen MR) is 76.3 cm³/mol. The van der Waals surface area contributed by atoms with Crippen molar-refractivity contribution in [2.75, 3.05) is 0 Å². The number of hydrogen-bond donors (Lipinski definition) is 0. The summed E-state index contributed by atoms with van der Waals surface area (Å²) in [7, 11) is 1.91. The highest BCUT2D eigenvalue weighted by molar-refractivity contribution is 8.00. The Morgan fingerprint density at radius 3 is 2.70 bits per heavy atom. The second-order valence-corrected chi connectivity index (χ2v) is 5.99. The molecule has 5 nitrogen and oxygen atoms in total. The zero-order chi connectivity index (χ0) is 14.1. The summed E-state index contributed by atoms with van der Waals surface area (Å²) >= 11 is 1.42. The second-order valence-electron chi connectivity index (χ2n) is 4.82. The van der Waals surface area contributed by atoms with Crippen molar-refractivity contribution in [3.63, 3.8) is 0 Å². The van der Waals surface area contributed by atoms with Crippen LogP contribution in [0.3, 0.4) is 0 Å². The fourth-order valence-corrected chi connectivity index (χ4v) is 3.31. The maximum Gasteiger partial charge on any atom is 0.319 e. The zero-order valence-corrected chi connectivity index (χ0v) is 12.1. The number of cyclic esters (lactones) is 1. The average molecular weight is 289 g/mol. The van der Waals surface area contributed by atoms with Gasteiger partial charge in [-0.2, -0.15) is 0 Å². The highest BCUT2D eigenvalue weighted by atomic mass is 32.2. The summed E-state index contributed by atoms with van der Waals surface area (Å²) in [6.45, 7) is 1.91. The largest absolute Gasteiger partial charge is 0.462 e. The maximum absolute atomic E-state index is 11.7. The van der Waals surface area contributed by atoms with E-state index in [9.17, 15) is 4.79 Å². The van der Waals surface area contributed by atoms with Gasteiger partial charge in [0.05, 0.1) is 0 Å². The monoisotopic (exact) mass is 289 g/mol. The molecule has 2 heterocycles. The molecule has 1 aromatic heterocycles. The van der Waals surface area contributed by atoms with Gasteiger partial charge >= 0.3 is 5.97 Å². The number of benzene rings is 1. The first-order chi connectivity index (χ1) is 9.65. The van der Waals surface area contributed by atoms with Crippen LogP contribution in [0.15, 0.2) is 35.5 Å². The van der Waals surface area contributed by atoms with Crippen molar-refractivity contribution in [1.29, 1.82) is 0 Å². The number of ether oxygens (including phenoxy) is 1. The Kier molecular flexibility index (Phi) is 3.48. The predicted octanol–water partition coefficient (Wildman–Crippen LogP) is 2.28. The zero-order valence-electron chi connectivity index (χ0n) is 11.3. The van der Waals surface area contributed by atoms with Crippen molar-refractivity contribution in [3.8, 4) is 11.4 Å². The van der Waals surface area contributed by atoms with Gasteiger partial charge in [-0.15, -0.1) is 10.2 Å². The van der Waals surface area contributed by atoms with Gasteiger partial charge < -0.3 is 9.30 Å². The van der Waals surface area contributed by atoms with Crippen LogP contribution in [0.1, 0.15) is 13.3 Å². The van der Waals surface area contributed by atoms with E-state index in [4.69, 9.17) is 4.74 Å². The van der Waals surface area contributed by atoms with Crippen molar-refractivity contribution in [2.24, 2.45) is 7.05 Å². The van der Waals surface area contributed by atoms with Gasteiger partial charge in [-0.1, -0.05) is 42.1 Å². The molecule has 0 amide bonds. The van der Waals surface area contributed by atoms with Crippen molar-refractivity contribution >= 4 is 17.7 Å². The van der Waals surface area contributed by atoms with Crippen LogP contribution < -0.4 is 0 Å². The third-order valence-electron chi connectivity index (χ3n) is 3.24. The number of esters is 1. The lowest BCUT2D eigenvalue weighted by atomic mass is 10.2. The molecule has 0 saturated carbocycles. The van der Waals surface area contributed by atoms with E-state index in [1.165, 1.54) is 11.8 Å². The van der Waals surface area contributed by atoms with Gasteiger partial charge in [-0.05, 0) is 6.92 Å². The van der Waals surface area contributed by atoms with Crippen LogP contribution in [0.2, 0.25) is 0 Å². The SMILES string of the molecule is CC1CC(Sc2nnc(-c3ccccc3)n2C)C(=O)O1. The molecule has 1 saturated heterocycles. The van der Waals surface area contributed by atoms with Crippen molar-refractivity contribution in [3.05, 3.63) is 30.3 Å². The van der Waals surface area contributed by atoms with Gasteiger partial charge in [0.15, 0.2) is 11.0 Å². The van der Waals surface area contributed by atoms with Crippen LogP contribution in [0.4, 0.5) is 0 Å². The molecule has 1 aromatic carbocycles. The number of hydrogen-bond acceptors (Lipinski definition) is 5. The van der Waals surface area contributed by atoms with Crippen LogP contribution in [0.5, 0.6) is 0 Å². The molecule has 1 aliphatic rings. The van der Waals surface area contributed by atoms with E-state index in [1.807, 2.05) is 48.9 Å². The Balaban J connectivity index is 1.83. The van der Waals surface area contributed by atoms with E-state index in [1.54, 1.807) is 0 Å². The van der Waals surface area contributed by atoms with Gasteiger partial charge in [-0.25, -0.2) is 0 Å². The van der Waals surface area contributed by atoms with E-state index in [0.29, 0.717) is 0 Å². The minimum atomic E-state index is -0.184. The molecule has 2 unspecified atom stereocenters. The number of carbonyl (C=O) groups is 1. The summed E-state index contributed by atoms with van der Waals surface area (Å²) in [4.78, 5) is 11.7. The standard InChI is InChI=1S/C14H15N3O2S/c1-9-8-11(13(18)19-9)20-14-16-15-12(17(14)2)10-6-4-3-5-7-10/h3-7,9,11H,8H2,1-2H3. The molecule has 1 fully saturated rings. The van der Waals surface area contributed by atoms with Crippen LogP contribution >= 0.6 is 11.8 Å². The van der Waals surface area contributed by atoms with E-state index in [2.05, 4.69) is 10.2 Å². The van der Waals surface area contributed by atoms with E-state index in [0.717, 1.165) is 23.0 Å². The van der Waals surface area contributed by atoms with Gasteiger partial charge in [0.25, 0.3) is 0 Å². The molecule has 0 radical (unpaired) electrons. The summed E-state index contributed by atoms with van der Waals surface area (Å²) < 4.78 is 7.07. The maximum atomic E-state index is 11.7. The third-order valence-corrected chi connectivity index (χ3v) is 4.48. The number of aromatic nitrogens is 3. The molecule has 0 spiro atoms. The molecule has 104 valence electrons. The number of rotatable bonds is 3. The minimum absolute atomic E-state index is 0.0122. The molecular weight excluding hydrogens is 274 g/mol. The van der Waals surface area contributed by atoms with E-state index >= 15 is 0 Å². The molecule has 0 bridgehead atoms. The lowest BCUT2D eigenvalue weighted by Gasteiger charge is -2.05. The Hall–Kier alpha value is -1.82. The van der Waals surface area contributed by atoms with Crippen molar-refractivity contribution in [1.82, 2.24) is 14.8 Å². The molecule has 1 aliphatic heterocycles. The van der Waals surface area contributed by atoms with E-state index < -0.39 is 0 Å². The summed E-state index contributed by atoms with van der Waals surface area (Å²) in [5.74, 6) is 0.638. The number of nitrogens with zero attached hydrogens (tertiary/aromatic N) is 3. The fourth-order valence-electron chi connectivity index (χ4n) is 2.20. The first kappa shape index (κ1) is 13.2. The van der Waals surface area contributed by atoms with Gasteiger partial charge in [0.2, 0.25) is 0 Å². The van der Waals surface area contributed by atoms with Crippen LogP contribution in [-0.2, 0) is 16.6 Å². The lowest BCUT2D eigenvalue weighted by molar-refractivity contribution is -0.140. The van der Waals surface area contributed by atoms with Crippen LogP contribution in [0, 0.1) is 0 Å². The minimum Gasteiger partial charge on any atom is -0.462 e. The average Bonchev–Trinajstić information content (AvgIpc) is 2.95. The molecule has 3 rings (SSSR count). The Labute approximate surface area is 121 Å². The Morgan fingerprint density at radius 2 is 2.05 bits per heavy atom. The summed E-state index contributed by atoms with van der Waals surface area (Å²) in [6, 6.07) is 9.87. The normalized spacial score (nSPS) is 22.0. The quantitative estimate of drug-likeness (QED) is 0.811. The Morgan fingerprint density at radius 1 is 1.30 bits per heavy atom. The second kappa shape index (κ2) is 5.28. The third kappa shape index (κ3) is 2.43. The van der Waals surface area contributed by atoms with Gasteiger partial charge in [-0.3, -0.25) is 4.79 Å². The summed E-state index contributed by atoms with van der Waals surface area (Å²) in [5, 5.41) is 8.95. The first-order valence-corrected chi connectivity index (χ1v) is 7.35. The lowest BCUT2D eigenvalue weighted by Crippen LogP contribution is -2.10. The molecule has 6 heteroatoms. The molecule has 0 N–H and O–H groups in total. The first-order valence-electron chi connectivity index (χ1n) is 6.47. The number of carbonyl (C=O) groups excluding carboxylic acids is 1. The molecule has 20 heavy (non-hydrogen) atoms. The fraction of sp³-hybridized carbons (Fsp3) is 0.357.